The van der Waals surface area contributed by atoms with Crippen molar-refractivity contribution >= 4 is 6.72 Å². The maximum absolute atomic E-state index is 3.61. The molecule has 74 valence electrons. The first-order valence-corrected chi connectivity index (χ1v) is 5.02. The van der Waals surface area contributed by atoms with Gasteiger partial charge in [-0.1, -0.05) is 40.0 Å². The van der Waals surface area contributed by atoms with E-state index in [1.165, 1.54) is 25.7 Å². The van der Waals surface area contributed by atoms with Crippen LogP contribution in [0.15, 0.2) is 5.10 Å². The van der Waals surface area contributed by atoms with Gasteiger partial charge in [0.1, 0.15) is 0 Å². The summed E-state index contributed by atoms with van der Waals surface area (Å²) in [6.45, 7) is 11.7. The number of rotatable bonds is 6. The molecule has 0 aliphatic rings. The maximum atomic E-state index is 3.61. The Labute approximate surface area is 77.4 Å². The predicted molar refractivity (Wildman–Crippen MR) is 57.6 cm³/mol. The molecular formula is C10H24N2. The number of hydrogen-bond acceptors (Lipinski definition) is 2. The van der Waals surface area contributed by atoms with E-state index >= 15 is 0 Å². The van der Waals surface area contributed by atoms with Crippen LogP contribution in [0.1, 0.15) is 53.4 Å². The highest BCUT2D eigenvalue weighted by atomic mass is 15.3. The molecule has 1 unspecified atom stereocenters. The summed E-state index contributed by atoms with van der Waals surface area (Å²) in [6, 6.07) is 0.490. The van der Waals surface area contributed by atoms with E-state index in [1.807, 2.05) is 13.8 Å². The van der Waals surface area contributed by atoms with Crippen molar-refractivity contribution in [3.05, 3.63) is 0 Å². The average molecular weight is 172 g/mol. The third kappa shape index (κ3) is 12.2. The molecule has 1 N–H and O–H groups in total. The van der Waals surface area contributed by atoms with Gasteiger partial charge in [-0.05, 0) is 13.3 Å². The van der Waals surface area contributed by atoms with Crippen LogP contribution >= 0.6 is 0 Å². The van der Waals surface area contributed by atoms with Crippen molar-refractivity contribution in [1.29, 1.82) is 0 Å². The van der Waals surface area contributed by atoms with E-state index in [4.69, 9.17) is 0 Å². The molecule has 2 heteroatoms. The van der Waals surface area contributed by atoms with Gasteiger partial charge in [0.25, 0.3) is 0 Å². The number of nitrogens with one attached hydrogen (secondary N) is 1. The van der Waals surface area contributed by atoms with Crippen LogP contribution in [0.2, 0.25) is 0 Å². The van der Waals surface area contributed by atoms with Crippen molar-refractivity contribution in [2.45, 2.75) is 59.4 Å². The summed E-state index contributed by atoms with van der Waals surface area (Å²) in [5.41, 5.74) is 2.92. The van der Waals surface area contributed by atoms with E-state index < -0.39 is 0 Å². The summed E-state index contributed by atoms with van der Waals surface area (Å²) < 4.78 is 0. The lowest BCUT2D eigenvalue weighted by molar-refractivity contribution is 0.504. The molecule has 0 amide bonds. The van der Waals surface area contributed by atoms with Gasteiger partial charge < -0.3 is 5.43 Å². The normalized spacial score (nSPS) is 11.0. The van der Waals surface area contributed by atoms with Crippen molar-refractivity contribution in [3.63, 3.8) is 0 Å². The Morgan fingerprint density at radius 1 is 1.33 bits per heavy atom. The van der Waals surface area contributed by atoms with Crippen molar-refractivity contribution in [2.24, 2.45) is 5.10 Å². The van der Waals surface area contributed by atoms with Crippen LogP contribution in [0.5, 0.6) is 0 Å². The summed E-state index contributed by atoms with van der Waals surface area (Å²) in [4.78, 5) is 0. The van der Waals surface area contributed by atoms with E-state index in [1.54, 1.807) is 0 Å². The standard InChI is InChI=1S/C8H18N2.C2H6/c1-4-5-6-7-8(2)10-9-3;1-2/h8,10H,3-7H2,1-2H3;1-2H3. The molecule has 0 aromatic rings. The lowest BCUT2D eigenvalue weighted by Crippen LogP contribution is -2.19. The van der Waals surface area contributed by atoms with E-state index in [2.05, 4.69) is 31.1 Å². The van der Waals surface area contributed by atoms with Gasteiger partial charge in [0.05, 0.1) is 0 Å². The van der Waals surface area contributed by atoms with Crippen LogP contribution in [0.3, 0.4) is 0 Å². The van der Waals surface area contributed by atoms with E-state index in [0.29, 0.717) is 6.04 Å². The summed E-state index contributed by atoms with van der Waals surface area (Å²) in [5.74, 6) is 0. The van der Waals surface area contributed by atoms with Crippen LogP contribution in [-0.4, -0.2) is 12.8 Å². The topological polar surface area (TPSA) is 24.4 Å². The molecule has 0 aromatic heterocycles. The molecular weight excluding hydrogens is 148 g/mol. The van der Waals surface area contributed by atoms with E-state index in [0.717, 1.165) is 0 Å². The molecule has 12 heavy (non-hydrogen) atoms. The Bertz CT molecular complexity index is 81.9. The van der Waals surface area contributed by atoms with Gasteiger partial charge >= 0.3 is 0 Å². The summed E-state index contributed by atoms with van der Waals surface area (Å²) >= 11 is 0. The van der Waals surface area contributed by atoms with Gasteiger partial charge in [0.15, 0.2) is 0 Å². The molecule has 0 rings (SSSR count). The average Bonchev–Trinajstić information content (AvgIpc) is 2.09. The Morgan fingerprint density at radius 3 is 2.33 bits per heavy atom. The first-order valence-electron chi connectivity index (χ1n) is 5.02. The minimum atomic E-state index is 0.490. The van der Waals surface area contributed by atoms with Crippen LogP contribution in [0, 0.1) is 0 Å². The predicted octanol–water partition coefficient (Wildman–Crippen LogP) is 3.19. The fourth-order valence-corrected chi connectivity index (χ4v) is 0.921. The number of hydrogen-bond donors (Lipinski definition) is 1. The first kappa shape index (κ1) is 14.0. The Kier molecular flexibility index (Phi) is 15.3. The molecule has 0 saturated heterocycles. The summed E-state index contributed by atoms with van der Waals surface area (Å²) in [5, 5.41) is 3.61. The van der Waals surface area contributed by atoms with Gasteiger partial charge in [-0.25, -0.2) is 0 Å². The second-order valence-corrected chi connectivity index (χ2v) is 2.68. The fraction of sp³-hybridized carbons (Fsp3) is 0.900. The highest BCUT2D eigenvalue weighted by Crippen LogP contribution is 2.01. The molecule has 0 bridgehead atoms. The Morgan fingerprint density at radius 2 is 1.92 bits per heavy atom. The first-order chi connectivity index (χ1) is 5.81. The van der Waals surface area contributed by atoms with Gasteiger partial charge in [0, 0.05) is 12.8 Å². The molecule has 0 saturated carbocycles. The molecule has 0 spiro atoms. The fourth-order valence-electron chi connectivity index (χ4n) is 0.921. The summed E-state index contributed by atoms with van der Waals surface area (Å²) in [7, 11) is 0. The monoisotopic (exact) mass is 172 g/mol. The van der Waals surface area contributed by atoms with E-state index in [-0.39, 0.29) is 0 Å². The zero-order chi connectivity index (χ0) is 9.82. The van der Waals surface area contributed by atoms with Gasteiger partial charge in [-0.2, -0.15) is 5.10 Å². The Balaban J connectivity index is 0. The zero-order valence-electron chi connectivity index (χ0n) is 9.06. The maximum Gasteiger partial charge on any atom is 0.0411 e. The van der Waals surface area contributed by atoms with Gasteiger partial charge in [-0.15, -0.1) is 0 Å². The van der Waals surface area contributed by atoms with Gasteiger partial charge in [-0.3, -0.25) is 0 Å². The Hall–Kier alpha value is -0.530. The smallest absolute Gasteiger partial charge is 0.0411 e. The van der Waals surface area contributed by atoms with Crippen molar-refractivity contribution in [2.75, 3.05) is 0 Å². The molecule has 0 fully saturated rings. The number of unbranched alkanes of at least 4 members (excludes halogenated alkanes) is 2. The lowest BCUT2D eigenvalue weighted by atomic mass is 10.1. The molecule has 0 aliphatic heterocycles. The molecule has 0 radical (unpaired) electrons. The summed E-state index contributed by atoms with van der Waals surface area (Å²) in [6.07, 6.45) is 5.10. The van der Waals surface area contributed by atoms with Crippen LogP contribution < -0.4 is 5.43 Å². The second kappa shape index (κ2) is 13.1. The van der Waals surface area contributed by atoms with Crippen LogP contribution in [0.4, 0.5) is 0 Å². The van der Waals surface area contributed by atoms with Crippen molar-refractivity contribution in [3.8, 4) is 0 Å². The highest BCUT2D eigenvalue weighted by Gasteiger charge is 1.96. The van der Waals surface area contributed by atoms with Crippen molar-refractivity contribution < 1.29 is 0 Å². The quantitative estimate of drug-likeness (QED) is 0.371. The third-order valence-corrected chi connectivity index (χ3v) is 1.55. The molecule has 1 atom stereocenters. The zero-order valence-corrected chi connectivity index (χ0v) is 9.06. The third-order valence-electron chi connectivity index (χ3n) is 1.55. The minimum absolute atomic E-state index is 0.490. The molecule has 2 nitrogen and oxygen atoms in total. The molecule has 0 aliphatic carbocycles. The van der Waals surface area contributed by atoms with Gasteiger partial charge in [0.2, 0.25) is 0 Å². The second-order valence-electron chi connectivity index (χ2n) is 2.68. The highest BCUT2D eigenvalue weighted by molar-refractivity contribution is 5.22. The number of nitrogens with zero attached hydrogens (tertiary/aromatic N) is 1. The van der Waals surface area contributed by atoms with Crippen LogP contribution in [-0.2, 0) is 0 Å². The molecule has 0 aromatic carbocycles. The number of hydrazone groups is 1. The van der Waals surface area contributed by atoms with Crippen molar-refractivity contribution in [1.82, 2.24) is 5.43 Å². The lowest BCUT2D eigenvalue weighted by Gasteiger charge is -2.08. The minimum Gasteiger partial charge on any atom is -0.308 e. The molecule has 0 heterocycles. The van der Waals surface area contributed by atoms with E-state index in [9.17, 15) is 0 Å². The largest absolute Gasteiger partial charge is 0.308 e. The SMILES string of the molecule is C=NNC(C)CCCCC.CC. The van der Waals surface area contributed by atoms with Crippen LogP contribution in [0.25, 0.3) is 0 Å².